The van der Waals surface area contributed by atoms with Gasteiger partial charge in [-0.3, -0.25) is 0 Å². The van der Waals surface area contributed by atoms with Crippen LogP contribution in [0.5, 0.6) is 28.7 Å². The molecule has 0 bridgehead atoms. The van der Waals surface area contributed by atoms with E-state index < -0.39 is 42.4 Å². The molecule has 34 heavy (non-hydrogen) atoms. The van der Waals surface area contributed by atoms with Gasteiger partial charge in [0, 0.05) is 18.7 Å². The van der Waals surface area contributed by atoms with E-state index in [0.29, 0.717) is 5.56 Å². The van der Waals surface area contributed by atoms with Crippen molar-refractivity contribution >= 4 is 12.0 Å². The summed E-state index contributed by atoms with van der Waals surface area (Å²) >= 11 is 0. The summed E-state index contributed by atoms with van der Waals surface area (Å²) in [5.41, 5.74) is 0.399. The van der Waals surface area contributed by atoms with Gasteiger partial charge in [-0.25, -0.2) is 4.79 Å². The number of carbonyl (C=O) groups excluding carboxylic acids is 1. The highest BCUT2D eigenvalue weighted by Crippen LogP contribution is 2.30. The molecule has 11 nitrogen and oxygen atoms in total. The second kappa shape index (κ2) is 11.1. The number of aliphatic hydroxyl groups is 2. The zero-order valence-corrected chi connectivity index (χ0v) is 18.1. The molecule has 0 amide bonds. The summed E-state index contributed by atoms with van der Waals surface area (Å²) in [6.07, 6.45) is -4.33. The summed E-state index contributed by atoms with van der Waals surface area (Å²) in [6, 6.07) is 7.71. The molecular formula is C23H26O11. The number of hydrogen-bond acceptors (Lipinski definition) is 11. The zero-order valence-electron chi connectivity index (χ0n) is 18.1. The maximum atomic E-state index is 12.4. The summed E-state index contributed by atoms with van der Waals surface area (Å²) in [5, 5.41) is 58.9. The van der Waals surface area contributed by atoms with Crippen molar-refractivity contribution in [2.45, 2.75) is 37.6 Å². The number of ether oxygens (including phenoxy) is 4. The molecule has 11 heteroatoms. The average Bonchev–Trinajstić information content (AvgIpc) is 2.81. The molecule has 0 radical (unpaired) electrons. The van der Waals surface area contributed by atoms with Gasteiger partial charge in [0.05, 0.1) is 0 Å². The fraction of sp³-hybridized carbons (Fsp3) is 0.348. The van der Waals surface area contributed by atoms with E-state index in [1.807, 2.05) is 0 Å². The van der Waals surface area contributed by atoms with Crippen molar-refractivity contribution in [2.24, 2.45) is 0 Å². The van der Waals surface area contributed by atoms with Gasteiger partial charge >= 0.3 is 5.97 Å². The van der Waals surface area contributed by atoms with E-state index >= 15 is 0 Å². The van der Waals surface area contributed by atoms with Crippen molar-refractivity contribution in [3.63, 3.8) is 0 Å². The molecular weight excluding hydrogens is 452 g/mol. The molecule has 0 spiro atoms. The van der Waals surface area contributed by atoms with Gasteiger partial charge in [-0.2, -0.15) is 0 Å². The van der Waals surface area contributed by atoms with Gasteiger partial charge in [-0.15, -0.1) is 0 Å². The van der Waals surface area contributed by atoms with Crippen LogP contribution in [0.25, 0.3) is 6.08 Å². The third kappa shape index (κ3) is 6.08. The van der Waals surface area contributed by atoms with Gasteiger partial charge in [-0.05, 0) is 42.8 Å². The van der Waals surface area contributed by atoms with Gasteiger partial charge in [0.25, 0.3) is 0 Å². The lowest BCUT2D eigenvalue weighted by Gasteiger charge is -2.41. The first kappa shape index (κ1) is 25.1. The smallest absolute Gasteiger partial charge is 0.331 e. The maximum Gasteiger partial charge on any atom is 0.331 e. The number of aromatic hydroxyl groups is 4. The molecule has 0 aromatic heterocycles. The van der Waals surface area contributed by atoms with Crippen molar-refractivity contribution < 1.29 is 54.4 Å². The SMILES string of the molecule is CCO[C@@H]1O[C@H](COc2ccc(O)c(O)c2)[C@@H](OC(=O)/C=C/c2ccc(O)c(O)c2)[C@H](O)[C@H]1O. The number of carbonyl (C=O) groups is 1. The Hall–Kier alpha value is -3.51. The van der Waals surface area contributed by atoms with Gasteiger partial charge in [0.1, 0.15) is 30.7 Å². The number of benzene rings is 2. The first-order chi connectivity index (χ1) is 16.2. The molecule has 1 aliphatic rings. The third-order valence-corrected chi connectivity index (χ3v) is 5.00. The summed E-state index contributed by atoms with van der Waals surface area (Å²) in [5.74, 6) is -2.13. The van der Waals surface area contributed by atoms with Crippen LogP contribution in [0.1, 0.15) is 12.5 Å². The number of rotatable bonds is 8. The van der Waals surface area contributed by atoms with Crippen LogP contribution in [-0.4, -0.2) is 80.5 Å². The van der Waals surface area contributed by atoms with Gasteiger partial charge in [-0.1, -0.05) is 6.07 Å². The lowest BCUT2D eigenvalue weighted by Crippen LogP contribution is -2.60. The fourth-order valence-electron chi connectivity index (χ4n) is 3.24. The highest BCUT2D eigenvalue weighted by Gasteiger charge is 2.47. The van der Waals surface area contributed by atoms with Crippen LogP contribution in [0.2, 0.25) is 0 Å². The molecule has 5 atom stereocenters. The van der Waals surface area contributed by atoms with Crippen molar-refractivity contribution in [1.82, 2.24) is 0 Å². The Morgan fingerprint density at radius 3 is 2.29 bits per heavy atom. The second-order valence-electron chi connectivity index (χ2n) is 7.42. The van der Waals surface area contributed by atoms with Crippen LogP contribution in [0.15, 0.2) is 42.5 Å². The monoisotopic (exact) mass is 478 g/mol. The minimum Gasteiger partial charge on any atom is -0.504 e. The Morgan fingerprint density at radius 1 is 0.971 bits per heavy atom. The third-order valence-electron chi connectivity index (χ3n) is 5.00. The van der Waals surface area contributed by atoms with Crippen LogP contribution in [0.4, 0.5) is 0 Å². The van der Waals surface area contributed by atoms with Crippen molar-refractivity contribution in [3.8, 4) is 28.7 Å². The number of esters is 1. The Bertz CT molecular complexity index is 1020. The first-order valence-corrected chi connectivity index (χ1v) is 10.4. The van der Waals surface area contributed by atoms with E-state index in [0.717, 1.165) is 6.08 Å². The van der Waals surface area contributed by atoms with Crippen molar-refractivity contribution in [2.75, 3.05) is 13.2 Å². The minimum atomic E-state index is -1.57. The van der Waals surface area contributed by atoms with Crippen LogP contribution < -0.4 is 4.74 Å². The van der Waals surface area contributed by atoms with Crippen LogP contribution >= 0.6 is 0 Å². The number of phenolic OH excluding ortho intramolecular Hbond substituents is 4. The summed E-state index contributed by atoms with van der Waals surface area (Å²) in [6.45, 7) is 1.59. The molecule has 2 aromatic carbocycles. The first-order valence-electron chi connectivity index (χ1n) is 10.4. The van der Waals surface area contributed by atoms with Crippen molar-refractivity contribution in [3.05, 3.63) is 48.0 Å². The summed E-state index contributed by atoms with van der Waals surface area (Å²) < 4.78 is 21.8. The normalized spacial score (nSPS) is 24.7. The predicted octanol–water partition coefficient (Wildman–Crippen LogP) is 0.996. The van der Waals surface area contributed by atoms with E-state index in [2.05, 4.69) is 0 Å². The van der Waals surface area contributed by atoms with E-state index in [1.165, 1.54) is 42.5 Å². The van der Waals surface area contributed by atoms with Crippen LogP contribution in [0, 0.1) is 0 Å². The molecule has 1 saturated heterocycles. The lowest BCUT2D eigenvalue weighted by atomic mass is 9.99. The molecule has 1 fully saturated rings. The number of aliphatic hydroxyl groups excluding tert-OH is 2. The molecule has 2 aromatic rings. The molecule has 3 rings (SSSR count). The lowest BCUT2D eigenvalue weighted by molar-refractivity contribution is -0.300. The summed E-state index contributed by atoms with van der Waals surface area (Å²) in [7, 11) is 0. The molecule has 0 aliphatic carbocycles. The second-order valence-corrected chi connectivity index (χ2v) is 7.42. The summed E-state index contributed by atoms with van der Waals surface area (Å²) in [4.78, 5) is 12.4. The Labute approximate surface area is 194 Å². The van der Waals surface area contributed by atoms with E-state index in [-0.39, 0.29) is 36.2 Å². The van der Waals surface area contributed by atoms with E-state index in [4.69, 9.17) is 18.9 Å². The predicted molar refractivity (Wildman–Crippen MR) is 116 cm³/mol. The van der Waals surface area contributed by atoms with E-state index in [9.17, 15) is 35.4 Å². The van der Waals surface area contributed by atoms with Crippen molar-refractivity contribution in [1.29, 1.82) is 0 Å². The minimum absolute atomic E-state index is 0.171. The van der Waals surface area contributed by atoms with Crippen LogP contribution in [0.3, 0.4) is 0 Å². The number of phenols is 4. The van der Waals surface area contributed by atoms with Gasteiger partial charge < -0.3 is 49.6 Å². The maximum absolute atomic E-state index is 12.4. The molecule has 1 heterocycles. The quantitative estimate of drug-likeness (QED) is 0.181. The fourth-order valence-corrected chi connectivity index (χ4v) is 3.24. The average molecular weight is 478 g/mol. The van der Waals surface area contributed by atoms with Crippen LogP contribution in [-0.2, 0) is 19.0 Å². The highest BCUT2D eigenvalue weighted by atomic mass is 16.7. The zero-order chi connectivity index (χ0) is 24.8. The molecule has 1 aliphatic heterocycles. The van der Waals surface area contributed by atoms with E-state index in [1.54, 1.807) is 6.92 Å². The standard InChI is InChI=1S/C23H26O11/c1-2-31-23-21(30)20(29)22(18(33-23)11-32-13-5-7-15(25)17(27)10-13)34-19(28)8-4-12-3-6-14(24)16(26)9-12/h3-10,18,20-27,29-30H,2,11H2,1H3/b8-4+/t18-,20-,21-,22-,23-/m1/s1. The van der Waals surface area contributed by atoms with Gasteiger partial charge in [0.2, 0.25) is 0 Å². The largest absolute Gasteiger partial charge is 0.504 e. The Morgan fingerprint density at radius 2 is 1.65 bits per heavy atom. The Kier molecular flexibility index (Phi) is 8.18. The number of hydrogen-bond donors (Lipinski definition) is 6. The molecule has 0 saturated carbocycles. The molecule has 6 N–H and O–H groups in total. The van der Waals surface area contributed by atoms with Gasteiger partial charge in [0.15, 0.2) is 35.4 Å². The molecule has 184 valence electrons. The highest BCUT2D eigenvalue weighted by molar-refractivity contribution is 5.87. The topological polar surface area (TPSA) is 175 Å². The molecule has 0 unspecified atom stereocenters. The Balaban J connectivity index is 1.73.